The molecule has 2 rings (SSSR count). The number of halogens is 1. The van der Waals surface area contributed by atoms with Crippen molar-refractivity contribution in [1.29, 1.82) is 0 Å². The molecular weight excluding hydrogens is 205 g/mol. The fourth-order valence-electron chi connectivity index (χ4n) is 2.33. The lowest BCUT2D eigenvalue weighted by Gasteiger charge is -2.32. The lowest BCUT2D eigenvalue weighted by molar-refractivity contribution is -0.126. The van der Waals surface area contributed by atoms with Crippen LogP contribution in [-0.4, -0.2) is 5.78 Å². The molecule has 86 valence electrons. The third-order valence-corrected chi connectivity index (χ3v) is 3.39. The number of nitrogens with two attached hydrogens (primary N) is 1. The number of hydrogen-bond donors (Lipinski definition) is 1. The van der Waals surface area contributed by atoms with Crippen LogP contribution in [-0.2, 0) is 10.3 Å². The Morgan fingerprint density at radius 2 is 2.12 bits per heavy atom. The van der Waals surface area contributed by atoms with Crippen LogP contribution in [0.25, 0.3) is 0 Å². The number of rotatable bonds is 1. The van der Waals surface area contributed by atoms with E-state index < -0.39 is 5.54 Å². The van der Waals surface area contributed by atoms with E-state index in [1.54, 1.807) is 25.1 Å². The Kier molecular flexibility index (Phi) is 2.80. The molecule has 2 N–H and O–H groups in total. The van der Waals surface area contributed by atoms with E-state index in [1.165, 1.54) is 0 Å². The molecule has 0 aliphatic heterocycles. The molecule has 0 amide bonds. The summed E-state index contributed by atoms with van der Waals surface area (Å²) in [4.78, 5) is 11.9. The summed E-state index contributed by atoms with van der Waals surface area (Å²) in [5.74, 6) is -0.372. The average Bonchev–Trinajstić information content (AvgIpc) is 2.26. The van der Waals surface area contributed by atoms with Crippen molar-refractivity contribution in [2.24, 2.45) is 5.73 Å². The van der Waals surface area contributed by atoms with Crippen molar-refractivity contribution >= 4 is 5.78 Å². The Morgan fingerprint density at radius 1 is 1.38 bits per heavy atom. The van der Waals surface area contributed by atoms with Crippen LogP contribution < -0.4 is 5.73 Å². The van der Waals surface area contributed by atoms with Gasteiger partial charge in [0.25, 0.3) is 0 Å². The Hall–Kier alpha value is -1.22. The van der Waals surface area contributed by atoms with Gasteiger partial charge in [-0.25, -0.2) is 4.39 Å². The fraction of sp³-hybridized carbons (Fsp3) is 0.462. The lowest BCUT2D eigenvalue weighted by atomic mass is 9.76. The average molecular weight is 221 g/mol. The first-order valence-electron chi connectivity index (χ1n) is 5.63. The first-order chi connectivity index (χ1) is 7.55. The molecule has 1 aromatic rings. The van der Waals surface area contributed by atoms with Crippen LogP contribution in [0.3, 0.4) is 0 Å². The van der Waals surface area contributed by atoms with Crippen LogP contribution in [0.4, 0.5) is 4.39 Å². The van der Waals surface area contributed by atoms with Crippen molar-refractivity contribution in [3.05, 3.63) is 35.1 Å². The minimum absolute atomic E-state index is 0.0387. The molecule has 1 unspecified atom stereocenters. The number of aryl methyl sites for hydroxylation is 1. The van der Waals surface area contributed by atoms with Crippen LogP contribution in [0.5, 0.6) is 0 Å². The Bertz CT molecular complexity index is 430. The molecule has 3 heteroatoms. The Morgan fingerprint density at radius 3 is 2.81 bits per heavy atom. The molecule has 0 saturated heterocycles. The molecule has 0 bridgehead atoms. The van der Waals surface area contributed by atoms with Gasteiger partial charge in [0.05, 0.1) is 0 Å². The van der Waals surface area contributed by atoms with Crippen molar-refractivity contribution in [2.45, 2.75) is 38.1 Å². The largest absolute Gasteiger partial charge is 0.315 e. The second kappa shape index (κ2) is 3.98. The molecule has 1 atom stereocenters. The maximum Gasteiger partial charge on any atom is 0.157 e. The van der Waals surface area contributed by atoms with Crippen LogP contribution in [0.15, 0.2) is 18.2 Å². The van der Waals surface area contributed by atoms with E-state index in [4.69, 9.17) is 5.73 Å². The van der Waals surface area contributed by atoms with Gasteiger partial charge in [0.15, 0.2) is 5.78 Å². The van der Waals surface area contributed by atoms with Crippen molar-refractivity contribution < 1.29 is 9.18 Å². The van der Waals surface area contributed by atoms with Gasteiger partial charge in [-0.3, -0.25) is 4.79 Å². The van der Waals surface area contributed by atoms with Gasteiger partial charge >= 0.3 is 0 Å². The van der Waals surface area contributed by atoms with Crippen molar-refractivity contribution in [1.82, 2.24) is 0 Å². The van der Waals surface area contributed by atoms with Gasteiger partial charge < -0.3 is 5.73 Å². The molecular formula is C13H16FNO. The number of benzene rings is 1. The zero-order chi connectivity index (χ0) is 11.8. The maximum absolute atomic E-state index is 14.0. The van der Waals surface area contributed by atoms with E-state index in [1.807, 2.05) is 0 Å². The number of hydrogen-bond acceptors (Lipinski definition) is 2. The van der Waals surface area contributed by atoms with Crippen molar-refractivity contribution in [3.8, 4) is 0 Å². The smallest absolute Gasteiger partial charge is 0.157 e. The third-order valence-electron chi connectivity index (χ3n) is 3.39. The summed E-state index contributed by atoms with van der Waals surface area (Å²) in [5, 5.41) is 0. The highest BCUT2D eigenvalue weighted by molar-refractivity contribution is 5.90. The normalized spacial score (nSPS) is 25.8. The monoisotopic (exact) mass is 221 g/mol. The molecule has 2 nitrogen and oxygen atoms in total. The first-order valence-corrected chi connectivity index (χ1v) is 5.63. The molecule has 1 aliphatic carbocycles. The van der Waals surface area contributed by atoms with Crippen molar-refractivity contribution in [3.63, 3.8) is 0 Å². The zero-order valence-corrected chi connectivity index (χ0v) is 9.42. The van der Waals surface area contributed by atoms with E-state index in [-0.39, 0.29) is 11.6 Å². The molecule has 1 aliphatic rings. The molecule has 1 aromatic carbocycles. The topological polar surface area (TPSA) is 43.1 Å². The quantitative estimate of drug-likeness (QED) is 0.791. The minimum Gasteiger partial charge on any atom is -0.315 e. The van der Waals surface area contributed by atoms with E-state index in [9.17, 15) is 9.18 Å². The van der Waals surface area contributed by atoms with Gasteiger partial charge in [-0.1, -0.05) is 24.6 Å². The van der Waals surface area contributed by atoms with Gasteiger partial charge in [0.1, 0.15) is 11.4 Å². The van der Waals surface area contributed by atoms with E-state index in [0.717, 1.165) is 12.8 Å². The Balaban J connectivity index is 2.49. The summed E-state index contributed by atoms with van der Waals surface area (Å²) < 4.78 is 14.0. The molecule has 0 heterocycles. The molecule has 0 aromatic heterocycles. The van der Waals surface area contributed by atoms with Crippen LogP contribution >= 0.6 is 0 Å². The molecule has 0 spiro atoms. The number of carbonyl (C=O) groups is 1. The Labute approximate surface area is 94.6 Å². The number of Topliss-reactive ketones (excluding diaryl/α,β-unsaturated/α-hetero) is 1. The highest BCUT2D eigenvalue weighted by Gasteiger charge is 2.39. The number of carbonyl (C=O) groups excluding carboxylic acids is 1. The van der Waals surface area contributed by atoms with Gasteiger partial charge in [0, 0.05) is 12.0 Å². The molecule has 1 saturated carbocycles. The first kappa shape index (κ1) is 11.3. The van der Waals surface area contributed by atoms with E-state index in [2.05, 4.69) is 0 Å². The summed E-state index contributed by atoms with van der Waals surface area (Å²) in [6.45, 7) is 1.69. The summed E-state index contributed by atoms with van der Waals surface area (Å²) in [5.41, 5.74) is 5.90. The van der Waals surface area contributed by atoms with Gasteiger partial charge in [-0.2, -0.15) is 0 Å². The summed E-state index contributed by atoms with van der Waals surface area (Å²) in [7, 11) is 0. The van der Waals surface area contributed by atoms with Crippen LogP contribution in [0, 0.1) is 12.7 Å². The summed E-state index contributed by atoms with van der Waals surface area (Å²) in [6, 6.07) is 5.07. The SMILES string of the molecule is Cc1cccc(C2(N)CCCCC2=O)c1F. The van der Waals surface area contributed by atoms with Gasteiger partial charge in [-0.15, -0.1) is 0 Å². The third kappa shape index (κ3) is 1.65. The van der Waals surface area contributed by atoms with Gasteiger partial charge in [-0.05, 0) is 25.3 Å². The highest BCUT2D eigenvalue weighted by atomic mass is 19.1. The van der Waals surface area contributed by atoms with Crippen molar-refractivity contribution in [2.75, 3.05) is 0 Å². The standard InChI is InChI=1S/C13H16FNO/c1-9-5-4-6-10(12(9)14)13(15)8-3-2-7-11(13)16/h4-6H,2-3,7-8,15H2,1H3. The number of ketones is 1. The molecule has 0 radical (unpaired) electrons. The van der Waals surface area contributed by atoms with Crippen LogP contribution in [0.1, 0.15) is 36.8 Å². The molecule has 1 fully saturated rings. The van der Waals surface area contributed by atoms with E-state index in [0.29, 0.717) is 24.0 Å². The van der Waals surface area contributed by atoms with Gasteiger partial charge in [0.2, 0.25) is 0 Å². The predicted octanol–water partition coefficient (Wildman–Crippen LogP) is 2.43. The second-order valence-electron chi connectivity index (χ2n) is 4.54. The summed E-state index contributed by atoms with van der Waals surface area (Å²) >= 11 is 0. The second-order valence-corrected chi connectivity index (χ2v) is 4.54. The fourth-order valence-corrected chi connectivity index (χ4v) is 2.33. The predicted molar refractivity (Wildman–Crippen MR) is 60.5 cm³/mol. The molecule has 16 heavy (non-hydrogen) atoms. The highest BCUT2D eigenvalue weighted by Crippen LogP contribution is 2.34. The lowest BCUT2D eigenvalue weighted by Crippen LogP contribution is -2.47. The maximum atomic E-state index is 14.0. The van der Waals surface area contributed by atoms with E-state index >= 15 is 0 Å². The van der Waals surface area contributed by atoms with Crippen LogP contribution in [0.2, 0.25) is 0 Å². The zero-order valence-electron chi connectivity index (χ0n) is 9.42. The summed E-state index contributed by atoms with van der Waals surface area (Å²) in [6.07, 6.45) is 2.76. The minimum atomic E-state index is -1.10.